The van der Waals surface area contributed by atoms with Gasteiger partial charge in [-0.05, 0) is 54.8 Å². The Kier molecular flexibility index (Phi) is 2.75. The van der Waals surface area contributed by atoms with Gasteiger partial charge in [0.05, 0.1) is 0 Å². The lowest BCUT2D eigenvalue weighted by Crippen LogP contribution is -2.25. The van der Waals surface area contributed by atoms with Gasteiger partial charge in [0, 0.05) is 18.9 Å². The molecule has 1 fully saturated rings. The molecule has 3 atom stereocenters. The zero-order valence-corrected chi connectivity index (χ0v) is 9.47. The van der Waals surface area contributed by atoms with Crippen LogP contribution in [0.1, 0.15) is 18.4 Å². The van der Waals surface area contributed by atoms with Crippen LogP contribution in [0, 0.1) is 17.8 Å². The summed E-state index contributed by atoms with van der Waals surface area (Å²) in [7, 11) is 0. The molecule has 16 heavy (non-hydrogen) atoms. The number of hydrogen-bond donors (Lipinski definition) is 1. The van der Waals surface area contributed by atoms with Gasteiger partial charge >= 0.3 is 0 Å². The van der Waals surface area contributed by atoms with E-state index in [4.69, 9.17) is 0 Å². The quantitative estimate of drug-likeness (QED) is 0.778. The highest BCUT2D eigenvalue weighted by Gasteiger charge is 2.34. The fraction of sp³-hybridized carbons (Fsp3) is 0.500. The Bertz CT molecular complexity index is 372. The van der Waals surface area contributed by atoms with Crippen molar-refractivity contribution in [3.8, 4) is 0 Å². The second-order valence-corrected chi connectivity index (χ2v) is 5.03. The van der Waals surface area contributed by atoms with Crippen LogP contribution in [0.2, 0.25) is 0 Å². The summed E-state index contributed by atoms with van der Waals surface area (Å²) < 4.78 is 0. The first kappa shape index (κ1) is 10.0. The zero-order valence-electron chi connectivity index (χ0n) is 9.47. The van der Waals surface area contributed by atoms with Crippen LogP contribution >= 0.6 is 0 Å². The molecule has 0 spiro atoms. The van der Waals surface area contributed by atoms with E-state index < -0.39 is 0 Å². The molecule has 1 heterocycles. The van der Waals surface area contributed by atoms with E-state index in [0.29, 0.717) is 0 Å². The maximum Gasteiger partial charge on any atom is 0.0271 e. The number of fused-ring (bicyclic) bond motifs is 2. The first-order chi connectivity index (χ1) is 7.92. The van der Waals surface area contributed by atoms with E-state index in [1.165, 1.54) is 18.4 Å². The first-order valence-electron chi connectivity index (χ1n) is 6.20. The van der Waals surface area contributed by atoms with Gasteiger partial charge in [0.2, 0.25) is 0 Å². The number of hydrogen-bond acceptors (Lipinski definition) is 2. The van der Waals surface area contributed by atoms with Gasteiger partial charge in [-0.1, -0.05) is 12.2 Å². The molecular weight excluding hydrogens is 196 g/mol. The minimum absolute atomic E-state index is 0.856. The molecule has 3 unspecified atom stereocenters. The highest BCUT2D eigenvalue weighted by atomic mass is 14.9. The molecule has 0 amide bonds. The monoisotopic (exact) mass is 214 g/mol. The van der Waals surface area contributed by atoms with Gasteiger partial charge in [-0.25, -0.2) is 0 Å². The molecule has 2 aliphatic rings. The van der Waals surface area contributed by atoms with Crippen LogP contribution in [0.15, 0.2) is 36.7 Å². The molecule has 84 valence electrons. The second-order valence-electron chi connectivity index (χ2n) is 5.03. The molecule has 1 aromatic heterocycles. The van der Waals surface area contributed by atoms with E-state index in [2.05, 4.69) is 34.6 Å². The molecule has 1 N–H and O–H groups in total. The van der Waals surface area contributed by atoms with Gasteiger partial charge < -0.3 is 5.32 Å². The van der Waals surface area contributed by atoms with Crippen molar-refractivity contribution in [2.75, 3.05) is 6.54 Å². The maximum absolute atomic E-state index is 4.03. The summed E-state index contributed by atoms with van der Waals surface area (Å²) in [6, 6.07) is 4.15. The van der Waals surface area contributed by atoms with Gasteiger partial charge in [-0.2, -0.15) is 0 Å². The number of pyridine rings is 1. The van der Waals surface area contributed by atoms with Crippen molar-refractivity contribution >= 4 is 0 Å². The van der Waals surface area contributed by atoms with Gasteiger partial charge in [-0.15, -0.1) is 0 Å². The minimum Gasteiger partial charge on any atom is -0.312 e. The highest BCUT2D eigenvalue weighted by Crippen LogP contribution is 2.42. The Morgan fingerprint density at radius 1 is 1.19 bits per heavy atom. The van der Waals surface area contributed by atoms with Gasteiger partial charge in [0.1, 0.15) is 0 Å². The predicted molar refractivity (Wildman–Crippen MR) is 64.8 cm³/mol. The third-order valence-electron chi connectivity index (χ3n) is 3.90. The summed E-state index contributed by atoms with van der Waals surface area (Å²) in [6.45, 7) is 2.13. The molecule has 2 bridgehead atoms. The van der Waals surface area contributed by atoms with Crippen LogP contribution in [0.3, 0.4) is 0 Å². The number of aromatic nitrogens is 1. The van der Waals surface area contributed by atoms with Crippen molar-refractivity contribution in [1.82, 2.24) is 10.3 Å². The highest BCUT2D eigenvalue weighted by molar-refractivity contribution is 5.11. The minimum atomic E-state index is 0.856. The zero-order chi connectivity index (χ0) is 10.8. The summed E-state index contributed by atoms with van der Waals surface area (Å²) in [5.74, 6) is 2.62. The smallest absolute Gasteiger partial charge is 0.0271 e. The van der Waals surface area contributed by atoms with Crippen LogP contribution in [0.5, 0.6) is 0 Å². The molecule has 3 rings (SSSR count). The summed E-state index contributed by atoms with van der Waals surface area (Å²) >= 11 is 0. The summed E-state index contributed by atoms with van der Waals surface area (Å²) in [6.07, 6.45) is 11.3. The Morgan fingerprint density at radius 2 is 2.06 bits per heavy atom. The molecular formula is C14H18N2. The van der Waals surface area contributed by atoms with E-state index >= 15 is 0 Å². The third-order valence-corrected chi connectivity index (χ3v) is 3.90. The van der Waals surface area contributed by atoms with Crippen LogP contribution in [-0.2, 0) is 6.54 Å². The standard InChI is InChI=1S/C14H18N2/c1-2-13-7-12(1)8-14(13)10-16-9-11-3-5-15-6-4-11/h1-6,12-14,16H,7-10H2. The number of nitrogens with zero attached hydrogens (tertiary/aromatic N) is 1. The Balaban J connectivity index is 1.46. The van der Waals surface area contributed by atoms with E-state index in [1.54, 1.807) is 0 Å². The van der Waals surface area contributed by atoms with E-state index in [-0.39, 0.29) is 0 Å². The molecule has 1 aromatic rings. The normalized spacial score (nSPS) is 31.1. The summed E-state index contributed by atoms with van der Waals surface area (Å²) in [5.41, 5.74) is 1.33. The summed E-state index contributed by atoms with van der Waals surface area (Å²) in [4.78, 5) is 4.03. The van der Waals surface area contributed by atoms with Crippen molar-refractivity contribution in [2.24, 2.45) is 17.8 Å². The summed E-state index contributed by atoms with van der Waals surface area (Å²) in [5, 5.41) is 3.57. The fourth-order valence-corrected chi connectivity index (χ4v) is 3.03. The lowest BCUT2D eigenvalue weighted by Gasteiger charge is -2.18. The average Bonchev–Trinajstić information content (AvgIpc) is 2.92. The van der Waals surface area contributed by atoms with Crippen molar-refractivity contribution in [1.29, 1.82) is 0 Å². The number of allylic oxidation sites excluding steroid dienone is 2. The average molecular weight is 214 g/mol. The molecule has 2 heteroatoms. The SMILES string of the molecule is C1=CC2CC1CC2CNCc1ccncc1. The largest absolute Gasteiger partial charge is 0.312 e. The lowest BCUT2D eigenvalue weighted by atomic mass is 9.93. The Morgan fingerprint density at radius 3 is 2.75 bits per heavy atom. The van der Waals surface area contributed by atoms with Crippen LogP contribution in [-0.4, -0.2) is 11.5 Å². The molecule has 2 nitrogen and oxygen atoms in total. The van der Waals surface area contributed by atoms with E-state index in [9.17, 15) is 0 Å². The van der Waals surface area contributed by atoms with Gasteiger partial charge in [0.15, 0.2) is 0 Å². The molecule has 0 saturated heterocycles. The van der Waals surface area contributed by atoms with Gasteiger partial charge in [0.25, 0.3) is 0 Å². The van der Waals surface area contributed by atoms with Gasteiger partial charge in [-0.3, -0.25) is 4.98 Å². The van der Waals surface area contributed by atoms with Crippen molar-refractivity contribution in [3.05, 3.63) is 42.2 Å². The second kappa shape index (κ2) is 4.38. The Labute approximate surface area is 96.8 Å². The Hall–Kier alpha value is -1.15. The van der Waals surface area contributed by atoms with Crippen molar-refractivity contribution in [2.45, 2.75) is 19.4 Å². The topological polar surface area (TPSA) is 24.9 Å². The molecule has 0 radical (unpaired) electrons. The van der Waals surface area contributed by atoms with Crippen LogP contribution in [0.4, 0.5) is 0 Å². The maximum atomic E-state index is 4.03. The molecule has 0 aromatic carbocycles. The third kappa shape index (κ3) is 2.03. The van der Waals surface area contributed by atoms with Crippen molar-refractivity contribution < 1.29 is 0 Å². The lowest BCUT2D eigenvalue weighted by molar-refractivity contribution is 0.414. The van der Waals surface area contributed by atoms with Crippen LogP contribution < -0.4 is 5.32 Å². The first-order valence-corrected chi connectivity index (χ1v) is 6.20. The van der Waals surface area contributed by atoms with Crippen molar-refractivity contribution in [3.63, 3.8) is 0 Å². The number of rotatable bonds is 4. The molecule has 1 saturated carbocycles. The van der Waals surface area contributed by atoms with Crippen LogP contribution in [0.25, 0.3) is 0 Å². The molecule has 2 aliphatic carbocycles. The predicted octanol–water partition coefficient (Wildman–Crippen LogP) is 2.38. The number of nitrogens with one attached hydrogen (secondary N) is 1. The fourth-order valence-electron chi connectivity index (χ4n) is 3.03. The van der Waals surface area contributed by atoms with E-state index in [0.717, 1.165) is 30.8 Å². The van der Waals surface area contributed by atoms with E-state index in [1.807, 2.05) is 12.4 Å². The molecule has 0 aliphatic heterocycles.